The Kier molecular flexibility index (Phi) is 10.1. The van der Waals surface area contributed by atoms with Gasteiger partial charge in [0.15, 0.2) is 0 Å². The molecule has 3 nitrogen and oxygen atoms in total. The molecule has 2 aromatic carbocycles. The third kappa shape index (κ3) is 9.68. The van der Waals surface area contributed by atoms with Gasteiger partial charge in [-0.25, -0.2) is 0 Å². The Morgan fingerprint density at radius 1 is 0.812 bits per heavy atom. The Balaban J connectivity index is 2.05. The molecular weight excluding hydrogens is 414 g/mol. The van der Waals surface area contributed by atoms with Crippen molar-refractivity contribution in [2.45, 2.75) is 97.3 Å². The van der Waals surface area contributed by atoms with Crippen molar-refractivity contribution in [3.05, 3.63) is 65.2 Å². The van der Waals surface area contributed by atoms with Gasteiger partial charge in [0.1, 0.15) is 0 Å². The van der Waals surface area contributed by atoms with Gasteiger partial charge < -0.3 is 0 Å². The Hall–Kier alpha value is -1.94. The van der Waals surface area contributed by atoms with Crippen LogP contribution in [0.15, 0.2) is 57.8 Å². The van der Waals surface area contributed by atoms with Crippen LogP contribution in [0.25, 0.3) is 0 Å². The molecule has 0 N–H and O–H groups in total. The molecule has 0 aromatic heterocycles. The van der Waals surface area contributed by atoms with E-state index in [1.165, 1.54) is 31.2 Å². The first kappa shape index (κ1) is 26.3. The molecule has 0 saturated heterocycles. The van der Waals surface area contributed by atoms with Crippen LogP contribution in [0.3, 0.4) is 0 Å². The zero-order valence-corrected chi connectivity index (χ0v) is 21.5. The number of sulfonamides is 1. The minimum Gasteiger partial charge on any atom is -0.199 e. The molecule has 0 saturated carbocycles. The topological polar surface area (TPSA) is 46.5 Å². The SMILES string of the molecule is CCc1ccc(C/C(CCCCCCCC(C)(C)C)=N/S(=O)(=O)c2ccc(C)cc2)cc1. The van der Waals surface area contributed by atoms with Crippen LogP contribution < -0.4 is 0 Å². The maximum Gasteiger partial charge on any atom is 0.282 e. The number of aryl methyl sites for hydroxylation is 2. The van der Waals surface area contributed by atoms with E-state index in [0.717, 1.165) is 42.5 Å². The average Bonchev–Trinajstić information content (AvgIpc) is 2.72. The summed E-state index contributed by atoms with van der Waals surface area (Å²) in [6.45, 7) is 11.0. The second kappa shape index (κ2) is 12.3. The maximum absolute atomic E-state index is 12.9. The van der Waals surface area contributed by atoms with Gasteiger partial charge >= 0.3 is 0 Å². The molecule has 4 heteroatoms. The smallest absolute Gasteiger partial charge is 0.199 e. The first-order chi connectivity index (χ1) is 15.1. The van der Waals surface area contributed by atoms with Gasteiger partial charge in [-0.1, -0.05) is 95.3 Å². The van der Waals surface area contributed by atoms with E-state index in [0.29, 0.717) is 11.8 Å². The number of nitrogens with zero attached hydrogens (tertiary/aromatic N) is 1. The van der Waals surface area contributed by atoms with Crippen molar-refractivity contribution >= 4 is 15.7 Å². The second-order valence-corrected chi connectivity index (χ2v) is 11.7. The van der Waals surface area contributed by atoms with E-state index >= 15 is 0 Å². The molecule has 0 bridgehead atoms. The van der Waals surface area contributed by atoms with Crippen LogP contribution in [0.5, 0.6) is 0 Å². The fraction of sp³-hybridized carbons (Fsp3) is 0.536. The van der Waals surface area contributed by atoms with Crippen LogP contribution in [0, 0.1) is 12.3 Å². The van der Waals surface area contributed by atoms with Gasteiger partial charge in [-0.15, -0.1) is 0 Å². The van der Waals surface area contributed by atoms with Crippen molar-refractivity contribution in [1.82, 2.24) is 0 Å². The lowest BCUT2D eigenvalue weighted by molar-refractivity contribution is 0.357. The molecule has 0 fully saturated rings. The molecule has 0 heterocycles. The highest BCUT2D eigenvalue weighted by Crippen LogP contribution is 2.23. The predicted octanol–water partition coefficient (Wildman–Crippen LogP) is 7.71. The molecule has 0 aliphatic heterocycles. The number of hydrogen-bond donors (Lipinski definition) is 0. The first-order valence-electron chi connectivity index (χ1n) is 12.1. The summed E-state index contributed by atoms with van der Waals surface area (Å²) in [6.07, 6.45) is 9.34. The number of unbranched alkanes of at least 4 members (excludes halogenated alkanes) is 4. The molecule has 2 rings (SSSR count). The summed E-state index contributed by atoms with van der Waals surface area (Å²) >= 11 is 0. The van der Waals surface area contributed by atoms with Gasteiger partial charge in [0.2, 0.25) is 0 Å². The quantitative estimate of drug-likeness (QED) is 0.243. The highest BCUT2D eigenvalue weighted by Gasteiger charge is 2.15. The molecule has 0 aliphatic carbocycles. The minimum absolute atomic E-state index is 0.268. The summed E-state index contributed by atoms with van der Waals surface area (Å²) in [5, 5.41) is 0. The Morgan fingerprint density at radius 2 is 1.38 bits per heavy atom. The summed E-state index contributed by atoms with van der Waals surface area (Å²) in [5.74, 6) is 0. The van der Waals surface area contributed by atoms with Crippen molar-refractivity contribution in [3.63, 3.8) is 0 Å². The lowest BCUT2D eigenvalue weighted by atomic mass is 9.89. The molecular formula is C28H41NO2S. The van der Waals surface area contributed by atoms with Crippen molar-refractivity contribution in [2.24, 2.45) is 9.81 Å². The largest absolute Gasteiger partial charge is 0.282 e. The molecule has 32 heavy (non-hydrogen) atoms. The van der Waals surface area contributed by atoms with Gasteiger partial charge in [0.25, 0.3) is 10.0 Å². The maximum atomic E-state index is 12.9. The Bertz CT molecular complexity index is 950. The van der Waals surface area contributed by atoms with E-state index < -0.39 is 10.0 Å². The normalized spacial score (nSPS) is 12.8. The molecule has 0 unspecified atom stereocenters. The molecule has 176 valence electrons. The lowest BCUT2D eigenvalue weighted by Gasteiger charge is -2.17. The number of benzene rings is 2. The summed E-state index contributed by atoms with van der Waals surface area (Å²) in [4.78, 5) is 0.268. The van der Waals surface area contributed by atoms with E-state index in [-0.39, 0.29) is 4.90 Å². The van der Waals surface area contributed by atoms with Gasteiger partial charge in [-0.3, -0.25) is 0 Å². The molecule has 0 radical (unpaired) electrons. The van der Waals surface area contributed by atoms with Gasteiger partial charge in [0, 0.05) is 12.1 Å². The summed E-state index contributed by atoms with van der Waals surface area (Å²) < 4.78 is 30.2. The standard InChI is InChI=1S/C28H41NO2S/c1-6-24-15-17-25(18-16-24)22-26(12-10-8-7-9-11-21-28(3,4)5)29-32(30,31)27-19-13-23(2)14-20-27/h13-20H,6-12,21-22H2,1-5H3/b29-26+. The molecule has 0 atom stereocenters. The zero-order chi connectivity index (χ0) is 23.6. The lowest BCUT2D eigenvalue weighted by Crippen LogP contribution is -2.09. The van der Waals surface area contributed by atoms with Gasteiger partial charge in [-0.05, 0) is 61.3 Å². The van der Waals surface area contributed by atoms with E-state index in [4.69, 9.17) is 0 Å². The minimum atomic E-state index is -3.69. The molecule has 0 amide bonds. The zero-order valence-electron chi connectivity index (χ0n) is 20.7. The van der Waals surface area contributed by atoms with Gasteiger partial charge in [0.05, 0.1) is 4.90 Å². The molecule has 0 aliphatic rings. The fourth-order valence-electron chi connectivity index (χ4n) is 3.74. The third-order valence-electron chi connectivity index (χ3n) is 5.80. The summed E-state index contributed by atoms with van der Waals surface area (Å²) in [5.41, 5.74) is 4.59. The number of rotatable bonds is 12. The Morgan fingerprint density at radius 3 is 1.97 bits per heavy atom. The van der Waals surface area contributed by atoms with Crippen LogP contribution in [0.1, 0.15) is 89.3 Å². The van der Waals surface area contributed by atoms with Crippen LogP contribution in [0.2, 0.25) is 0 Å². The number of hydrogen-bond acceptors (Lipinski definition) is 2. The van der Waals surface area contributed by atoms with Crippen molar-refractivity contribution in [3.8, 4) is 0 Å². The fourth-order valence-corrected chi connectivity index (χ4v) is 4.82. The van der Waals surface area contributed by atoms with E-state index in [1.54, 1.807) is 12.1 Å². The molecule has 0 spiro atoms. The van der Waals surface area contributed by atoms with Crippen LogP contribution in [0.4, 0.5) is 0 Å². The van der Waals surface area contributed by atoms with Crippen molar-refractivity contribution in [1.29, 1.82) is 0 Å². The van der Waals surface area contributed by atoms with Crippen LogP contribution in [-0.4, -0.2) is 14.1 Å². The van der Waals surface area contributed by atoms with E-state index in [9.17, 15) is 8.42 Å². The van der Waals surface area contributed by atoms with Crippen molar-refractivity contribution < 1.29 is 8.42 Å². The third-order valence-corrected chi connectivity index (χ3v) is 7.17. The van der Waals surface area contributed by atoms with E-state index in [2.05, 4.69) is 56.4 Å². The predicted molar refractivity (Wildman–Crippen MR) is 137 cm³/mol. The molecule has 2 aromatic rings. The van der Waals surface area contributed by atoms with E-state index in [1.807, 2.05) is 19.1 Å². The summed E-state index contributed by atoms with van der Waals surface area (Å²) in [7, 11) is -3.69. The first-order valence-corrected chi connectivity index (χ1v) is 13.5. The van der Waals surface area contributed by atoms with Crippen molar-refractivity contribution in [2.75, 3.05) is 0 Å². The monoisotopic (exact) mass is 455 g/mol. The van der Waals surface area contributed by atoms with Crippen LogP contribution in [-0.2, 0) is 22.9 Å². The Labute approximate surface area is 196 Å². The highest BCUT2D eigenvalue weighted by atomic mass is 32.2. The average molecular weight is 456 g/mol. The summed E-state index contributed by atoms with van der Waals surface area (Å²) in [6, 6.07) is 15.4. The van der Waals surface area contributed by atoms with Gasteiger partial charge in [-0.2, -0.15) is 12.8 Å². The van der Waals surface area contributed by atoms with Crippen LogP contribution >= 0.6 is 0 Å². The highest BCUT2D eigenvalue weighted by molar-refractivity contribution is 7.90. The second-order valence-electron chi connectivity index (χ2n) is 10.1.